The van der Waals surface area contributed by atoms with E-state index in [0.717, 1.165) is 5.82 Å². The molecule has 0 aliphatic rings. The molecule has 0 bridgehead atoms. The second kappa shape index (κ2) is 4.65. The first-order valence-electron chi connectivity index (χ1n) is 2.89. The second-order valence-electron chi connectivity index (χ2n) is 2.08. The Morgan fingerprint density at radius 1 is 1.30 bits per heavy atom. The topological polar surface area (TPSA) is 16.1 Å². The molecular weight excluding hydrogens is 225 g/mol. The number of rotatable bonds is 1. The van der Waals surface area contributed by atoms with E-state index < -0.39 is 0 Å². The Morgan fingerprint density at radius 2 is 2.00 bits per heavy atom. The van der Waals surface area contributed by atoms with Gasteiger partial charge in [0.25, 0.3) is 0 Å². The maximum Gasteiger partial charge on any atom is 0.127 e. The average molecular weight is 235 g/mol. The third-order valence-corrected chi connectivity index (χ3v) is 1.11. The largest absolute Gasteiger partial charge is 0.363 e. The molecule has 10 heavy (non-hydrogen) atoms. The second-order valence-corrected chi connectivity index (χ2v) is 2.08. The van der Waals surface area contributed by atoms with E-state index in [4.69, 9.17) is 0 Å². The number of hydrogen-bond donors (Lipinski definition) is 0. The van der Waals surface area contributed by atoms with Crippen LogP contribution < -0.4 is 4.90 Å². The third kappa shape index (κ3) is 2.64. The molecular formula is C7H10CdN2. The van der Waals surface area contributed by atoms with Crippen LogP contribution >= 0.6 is 0 Å². The van der Waals surface area contributed by atoms with Gasteiger partial charge in [0.2, 0.25) is 0 Å². The van der Waals surface area contributed by atoms with Gasteiger partial charge >= 0.3 is 0 Å². The van der Waals surface area contributed by atoms with Crippen molar-refractivity contribution in [2.24, 2.45) is 0 Å². The average Bonchev–Trinajstić information content (AvgIpc) is 1.90. The molecule has 0 aromatic carbocycles. The van der Waals surface area contributed by atoms with Crippen LogP contribution in [0.3, 0.4) is 0 Å². The fourth-order valence-corrected chi connectivity index (χ4v) is 0.618. The van der Waals surface area contributed by atoms with E-state index in [1.807, 2.05) is 37.2 Å². The van der Waals surface area contributed by atoms with Crippen molar-refractivity contribution in [2.45, 2.75) is 0 Å². The fraction of sp³-hybridized carbons (Fsp3) is 0.286. The monoisotopic (exact) mass is 236 g/mol. The standard InChI is InChI=1S/C7H10N2.Cd/c1-9(2)7-5-3-4-6-8-7;/h3-6H,1-2H3;. The molecule has 1 rings (SSSR count). The number of aromatic nitrogens is 1. The molecule has 0 atom stereocenters. The summed E-state index contributed by atoms with van der Waals surface area (Å²) in [5.41, 5.74) is 0. The summed E-state index contributed by atoms with van der Waals surface area (Å²) < 4.78 is 0. The van der Waals surface area contributed by atoms with Gasteiger partial charge in [0, 0.05) is 47.6 Å². The zero-order valence-corrected chi connectivity index (χ0v) is 10.4. The molecule has 50 valence electrons. The van der Waals surface area contributed by atoms with Crippen LogP contribution in [0.15, 0.2) is 24.4 Å². The van der Waals surface area contributed by atoms with Crippen molar-refractivity contribution in [2.75, 3.05) is 19.0 Å². The molecule has 0 N–H and O–H groups in total. The van der Waals surface area contributed by atoms with Crippen molar-refractivity contribution in [3.63, 3.8) is 0 Å². The molecule has 1 aromatic rings. The zero-order valence-electron chi connectivity index (χ0n) is 6.41. The minimum absolute atomic E-state index is 0. The van der Waals surface area contributed by atoms with Gasteiger partial charge in [0.15, 0.2) is 0 Å². The molecule has 0 saturated heterocycles. The predicted octanol–water partition coefficient (Wildman–Crippen LogP) is 1.15. The minimum Gasteiger partial charge on any atom is -0.363 e. The molecule has 0 aliphatic heterocycles. The minimum atomic E-state index is 0. The molecule has 0 unspecified atom stereocenters. The molecule has 1 aromatic heterocycles. The smallest absolute Gasteiger partial charge is 0.127 e. The van der Waals surface area contributed by atoms with E-state index in [2.05, 4.69) is 4.98 Å². The summed E-state index contributed by atoms with van der Waals surface area (Å²) >= 11 is 0. The Morgan fingerprint density at radius 3 is 2.30 bits per heavy atom. The van der Waals surface area contributed by atoms with Crippen LogP contribution in [0.2, 0.25) is 0 Å². The Kier molecular flexibility index (Phi) is 4.59. The maximum absolute atomic E-state index is 4.10. The number of hydrogen-bond acceptors (Lipinski definition) is 2. The number of pyridine rings is 1. The van der Waals surface area contributed by atoms with Gasteiger partial charge in [-0.15, -0.1) is 0 Å². The van der Waals surface area contributed by atoms with Gasteiger partial charge < -0.3 is 4.90 Å². The van der Waals surface area contributed by atoms with Crippen molar-refractivity contribution in [1.82, 2.24) is 4.98 Å². The van der Waals surface area contributed by atoms with Crippen LogP contribution in [0.1, 0.15) is 0 Å². The van der Waals surface area contributed by atoms with E-state index in [1.165, 1.54) is 0 Å². The first-order valence-corrected chi connectivity index (χ1v) is 2.89. The Hall–Kier alpha value is -0.128. The van der Waals surface area contributed by atoms with E-state index in [0.29, 0.717) is 0 Å². The summed E-state index contributed by atoms with van der Waals surface area (Å²) in [6, 6.07) is 5.86. The normalized spacial score (nSPS) is 8.20. The van der Waals surface area contributed by atoms with Crippen molar-refractivity contribution >= 4 is 5.82 Å². The predicted molar refractivity (Wildman–Crippen MR) is 38.6 cm³/mol. The van der Waals surface area contributed by atoms with E-state index >= 15 is 0 Å². The van der Waals surface area contributed by atoms with Crippen molar-refractivity contribution in [1.29, 1.82) is 0 Å². The SMILES string of the molecule is CN(C)c1ccccn1.[Cd]. The molecule has 0 amide bonds. The Bertz CT molecular complexity index is 174. The number of nitrogens with zero attached hydrogens (tertiary/aromatic N) is 2. The molecule has 0 aliphatic carbocycles. The first-order chi connectivity index (χ1) is 4.30. The summed E-state index contributed by atoms with van der Waals surface area (Å²) in [5.74, 6) is 0.998. The summed E-state index contributed by atoms with van der Waals surface area (Å²) in [6.45, 7) is 0. The van der Waals surface area contributed by atoms with Gasteiger partial charge in [-0.3, -0.25) is 0 Å². The van der Waals surface area contributed by atoms with Crippen molar-refractivity contribution in [3.05, 3.63) is 24.4 Å². The van der Waals surface area contributed by atoms with Gasteiger partial charge in [-0.2, -0.15) is 0 Å². The number of anilines is 1. The quantitative estimate of drug-likeness (QED) is 0.678. The Balaban J connectivity index is 0.000000810. The summed E-state index contributed by atoms with van der Waals surface area (Å²) in [4.78, 5) is 6.08. The van der Waals surface area contributed by atoms with Gasteiger partial charge in [0.1, 0.15) is 5.82 Å². The van der Waals surface area contributed by atoms with Gasteiger partial charge in [-0.1, -0.05) is 6.07 Å². The van der Waals surface area contributed by atoms with Gasteiger partial charge in [-0.25, -0.2) is 4.98 Å². The van der Waals surface area contributed by atoms with Gasteiger partial charge in [0.05, 0.1) is 0 Å². The summed E-state index contributed by atoms with van der Waals surface area (Å²) in [7, 11) is 3.95. The molecule has 1 heterocycles. The maximum atomic E-state index is 4.10. The van der Waals surface area contributed by atoms with E-state index in [1.54, 1.807) is 6.20 Å². The summed E-state index contributed by atoms with van der Waals surface area (Å²) in [5, 5.41) is 0. The molecule has 3 heteroatoms. The zero-order chi connectivity index (χ0) is 6.69. The molecule has 0 radical (unpaired) electrons. The third-order valence-electron chi connectivity index (χ3n) is 1.11. The molecule has 2 nitrogen and oxygen atoms in total. The first kappa shape index (κ1) is 9.87. The van der Waals surface area contributed by atoms with E-state index in [-0.39, 0.29) is 27.3 Å². The van der Waals surface area contributed by atoms with Crippen LogP contribution in [0, 0.1) is 0 Å². The van der Waals surface area contributed by atoms with Crippen LogP contribution in [-0.4, -0.2) is 19.1 Å². The molecule has 0 spiro atoms. The van der Waals surface area contributed by atoms with Crippen LogP contribution in [-0.2, 0) is 27.3 Å². The van der Waals surface area contributed by atoms with Gasteiger partial charge in [-0.05, 0) is 12.1 Å². The Labute approximate surface area is 81.4 Å². The van der Waals surface area contributed by atoms with Crippen LogP contribution in [0.5, 0.6) is 0 Å². The van der Waals surface area contributed by atoms with Crippen molar-refractivity contribution in [3.8, 4) is 0 Å². The van der Waals surface area contributed by atoms with Crippen LogP contribution in [0.4, 0.5) is 5.82 Å². The van der Waals surface area contributed by atoms with Crippen molar-refractivity contribution < 1.29 is 27.3 Å². The van der Waals surface area contributed by atoms with E-state index in [9.17, 15) is 0 Å². The molecule has 0 saturated carbocycles. The fourth-order valence-electron chi connectivity index (χ4n) is 0.618. The van der Waals surface area contributed by atoms with Crippen LogP contribution in [0.25, 0.3) is 0 Å². The molecule has 0 fully saturated rings. The summed E-state index contributed by atoms with van der Waals surface area (Å²) in [6.07, 6.45) is 1.79.